The molecule has 7 heteroatoms. The Hall–Kier alpha value is -1.63. The molecule has 0 saturated carbocycles. The van der Waals surface area contributed by atoms with Gasteiger partial charge in [-0.25, -0.2) is 0 Å². The van der Waals surface area contributed by atoms with Crippen LogP contribution < -0.4 is 10.6 Å². The Morgan fingerprint density at radius 2 is 2.39 bits per heavy atom. The lowest BCUT2D eigenvalue weighted by Gasteiger charge is -2.34. The molecule has 0 aromatic carbocycles. The van der Waals surface area contributed by atoms with Crippen LogP contribution in [0, 0.1) is 16.0 Å². The fourth-order valence-electron chi connectivity index (χ4n) is 2.45. The van der Waals surface area contributed by atoms with E-state index in [2.05, 4.69) is 5.10 Å². The Kier molecular flexibility index (Phi) is 3.51. The molecular weight excluding hydrogens is 234 g/mol. The number of nitrogens with two attached hydrogens (primary N) is 1. The average Bonchev–Trinajstić information content (AvgIpc) is 2.72. The molecule has 1 aliphatic heterocycles. The monoisotopic (exact) mass is 253 g/mol. The highest BCUT2D eigenvalue weighted by Crippen LogP contribution is 2.30. The summed E-state index contributed by atoms with van der Waals surface area (Å²) in [6.07, 6.45) is 3.53. The third-order valence-corrected chi connectivity index (χ3v) is 3.49. The minimum Gasteiger partial charge on any atom is -0.349 e. The molecule has 18 heavy (non-hydrogen) atoms. The van der Waals surface area contributed by atoms with E-state index in [0.717, 1.165) is 25.9 Å². The first-order valence-corrected chi connectivity index (χ1v) is 6.17. The summed E-state index contributed by atoms with van der Waals surface area (Å²) in [5, 5.41) is 15.2. The molecule has 0 amide bonds. The van der Waals surface area contributed by atoms with Crippen molar-refractivity contribution in [1.29, 1.82) is 0 Å². The van der Waals surface area contributed by atoms with Crippen molar-refractivity contribution in [3.63, 3.8) is 0 Å². The second kappa shape index (κ2) is 4.93. The van der Waals surface area contributed by atoms with Crippen LogP contribution >= 0.6 is 0 Å². The molecule has 0 bridgehead atoms. The smallest absolute Gasteiger partial charge is 0.330 e. The lowest BCUT2D eigenvalue weighted by Crippen LogP contribution is -2.42. The van der Waals surface area contributed by atoms with Gasteiger partial charge in [0.05, 0.1) is 4.92 Å². The summed E-state index contributed by atoms with van der Waals surface area (Å²) in [5.74, 6) is 0.841. The minimum atomic E-state index is -0.377. The van der Waals surface area contributed by atoms with E-state index in [4.69, 9.17) is 5.73 Å². The predicted molar refractivity (Wildman–Crippen MR) is 68.4 cm³/mol. The van der Waals surface area contributed by atoms with Gasteiger partial charge in [-0.1, -0.05) is 0 Å². The van der Waals surface area contributed by atoms with Gasteiger partial charge in [0.25, 0.3) is 0 Å². The molecule has 2 rings (SSSR count). The van der Waals surface area contributed by atoms with Crippen LogP contribution in [0.5, 0.6) is 0 Å². The van der Waals surface area contributed by atoms with Gasteiger partial charge in [0, 0.05) is 26.2 Å². The molecule has 1 aromatic heterocycles. The highest BCUT2D eigenvalue weighted by atomic mass is 16.6. The van der Waals surface area contributed by atoms with Crippen LogP contribution in [0.15, 0.2) is 6.20 Å². The predicted octanol–water partition coefficient (Wildman–Crippen LogP) is 0.892. The first kappa shape index (κ1) is 12.8. The Labute approximate surface area is 106 Å². The van der Waals surface area contributed by atoms with E-state index in [1.807, 2.05) is 11.8 Å². The summed E-state index contributed by atoms with van der Waals surface area (Å²) < 4.78 is 1.49. The first-order valence-electron chi connectivity index (χ1n) is 6.17. The summed E-state index contributed by atoms with van der Waals surface area (Å²) in [5.41, 5.74) is 6.00. The van der Waals surface area contributed by atoms with E-state index in [1.165, 1.54) is 10.9 Å². The minimum absolute atomic E-state index is 0.0721. The Morgan fingerprint density at radius 3 is 3.00 bits per heavy atom. The molecule has 2 N–H and O–H groups in total. The standard InChI is InChI=1S/C11H19N5O2/c1-8(12)9-4-3-5-15(6-9)11-10(16(17)18)7-14(2)13-11/h7-9H,3-6,12H2,1-2H3. The quantitative estimate of drug-likeness (QED) is 0.638. The van der Waals surface area contributed by atoms with Gasteiger partial charge in [-0.05, 0) is 25.7 Å². The molecule has 0 radical (unpaired) electrons. The highest BCUT2D eigenvalue weighted by molar-refractivity contribution is 5.57. The molecule has 1 aliphatic rings. The Balaban J connectivity index is 2.23. The summed E-state index contributed by atoms with van der Waals surface area (Å²) in [6, 6.07) is 0.107. The van der Waals surface area contributed by atoms with Crippen molar-refractivity contribution in [1.82, 2.24) is 9.78 Å². The van der Waals surface area contributed by atoms with E-state index in [0.29, 0.717) is 11.7 Å². The van der Waals surface area contributed by atoms with Crippen LogP contribution in [-0.2, 0) is 7.05 Å². The van der Waals surface area contributed by atoms with Crippen molar-refractivity contribution in [2.75, 3.05) is 18.0 Å². The Morgan fingerprint density at radius 1 is 1.67 bits per heavy atom. The van der Waals surface area contributed by atoms with Crippen LogP contribution in [0.25, 0.3) is 0 Å². The number of nitro groups is 1. The molecule has 100 valence electrons. The maximum absolute atomic E-state index is 11.0. The molecule has 1 saturated heterocycles. The van der Waals surface area contributed by atoms with Crippen molar-refractivity contribution in [3.8, 4) is 0 Å². The fraction of sp³-hybridized carbons (Fsp3) is 0.727. The molecule has 7 nitrogen and oxygen atoms in total. The number of nitrogens with zero attached hydrogens (tertiary/aromatic N) is 4. The van der Waals surface area contributed by atoms with Crippen molar-refractivity contribution < 1.29 is 4.92 Å². The maximum atomic E-state index is 11.0. The van der Waals surface area contributed by atoms with E-state index in [1.54, 1.807) is 7.05 Å². The molecule has 1 aromatic rings. The zero-order valence-corrected chi connectivity index (χ0v) is 10.7. The zero-order chi connectivity index (χ0) is 13.3. The Bertz CT molecular complexity index is 443. The van der Waals surface area contributed by atoms with Gasteiger partial charge in [-0.2, -0.15) is 0 Å². The maximum Gasteiger partial charge on any atom is 0.330 e. The van der Waals surface area contributed by atoms with Crippen molar-refractivity contribution >= 4 is 11.5 Å². The normalized spacial score (nSPS) is 21.9. The van der Waals surface area contributed by atoms with Crippen molar-refractivity contribution in [2.45, 2.75) is 25.8 Å². The van der Waals surface area contributed by atoms with Gasteiger partial charge in [0.2, 0.25) is 5.82 Å². The van der Waals surface area contributed by atoms with E-state index < -0.39 is 0 Å². The third kappa shape index (κ3) is 2.45. The summed E-state index contributed by atoms with van der Waals surface area (Å²) in [4.78, 5) is 12.6. The first-order chi connectivity index (χ1) is 8.49. The number of hydrogen-bond acceptors (Lipinski definition) is 5. The number of aromatic nitrogens is 2. The van der Waals surface area contributed by atoms with Crippen molar-refractivity contribution in [3.05, 3.63) is 16.3 Å². The van der Waals surface area contributed by atoms with Gasteiger partial charge < -0.3 is 10.6 Å². The topological polar surface area (TPSA) is 90.2 Å². The molecule has 0 aliphatic carbocycles. The number of hydrogen-bond donors (Lipinski definition) is 1. The van der Waals surface area contributed by atoms with Crippen LogP contribution in [0.4, 0.5) is 11.5 Å². The van der Waals surface area contributed by atoms with Crippen LogP contribution in [0.1, 0.15) is 19.8 Å². The van der Waals surface area contributed by atoms with Gasteiger partial charge in [-0.15, -0.1) is 5.10 Å². The average molecular weight is 253 g/mol. The summed E-state index contributed by atoms with van der Waals surface area (Å²) >= 11 is 0. The zero-order valence-electron chi connectivity index (χ0n) is 10.7. The number of anilines is 1. The summed E-state index contributed by atoms with van der Waals surface area (Å²) in [6.45, 7) is 3.54. The van der Waals surface area contributed by atoms with E-state index >= 15 is 0 Å². The van der Waals surface area contributed by atoms with Gasteiger partial charge in [-0.3, -0.25) is 14.8 Å². The molecule has 1 fully saturated rings. The summed E-state index contributed by atoms with van der Waals surface area (Å²) in [7, 11) is 1.70. The van der Waals surface area contributed by atoms with Gasteiger partial charge >= 0.3 is 5.69 Å². The van der Waals surface area contributed by atoms with Crippen LogP contribution in [-0.4, -0.2) is 33.8 Å². The van der Waals surface area contributed by atoms with E-state index in [9.17, 15) is 10.1 Å². The number of aryl methyl sites for hydroxylation is 1. The van der Waals surface area contributed by atoms with Crippen LogP contribution in [0.2, 0.25) is 0 Å². The number of piperidine rings is 1. The SMILES string of the molecule is CC(N)C1CCCN(c2nn(C)cc2[N+](=O)[O-])C1. The second-order valence-corrected chi connectivity index (χ2v) is 4.98. The molecule has 2 atom stereocenters. The lowest BCUT2D eigenvalue weighted by atomic mass is 9.92. The van der Waals surface area contributed by atoms with E-state index in [-0.39, 0.29) is 16.7 Å². The highest BCUT2D eigenvalue weighted by Gasteiger charge is 2.29. The van der Waals surface area contributed by atoms with Crippen molar-refractivity contribution in [2.24, 2.45) is 18.7 Å². The molecule has 2 heterocycles. The molecule has 2 unspecified atom stereocenters. The number of rotatable bonds is 3. The second-order valence-electron chi connectivity index (χ2n) is 4.98. The molecule has 0 spiro atoms. The molecular formula is C11H19N5O2. The van der Waals surface area contributed by atoms with Gasteiger partial charge in [0.1, 0.15) is 6.20 Å². The fourth-order valence-corrected chi connectivity index (χ4v) is 2.45. The van der Waals surface area contributed by atoms with Crippen LogP contribution in [0.3, 0.4) is 0 Å². The largest absolute Gasteiger partial charge is 0.349 e. The third-order valence-electron chi connectivity index (χ3n) is 3.49. The lowest BCUT2D eigenvalue weighted by molar-refractivity contribution is -0.384. The van der Waals surface area contributed by atoms with Gasteiger partial charge in [0.15, 0.2) is 0 Å².